The van der Waals surface area contributed by atoms with Crippen molar-refractivity contribution in [1.82, 2.24) is 0 Å². The third-order valence-electron chi connectivity index (χ3n) is 3.86. The Balaban J connectivity index is 1.48. The van der Waals surface area contributed by atoms with Crippen LogP contribution < -0.4 is 9.47 Å². The topological polar surface area (TPSA) is 44.8 Å². The lowest BCUT2D eigenvalue weighted by molar-refractivity contribution is -0.154. The van der Waals surface area contributed by atoms with Crippen molar-refractivity contribution in [3.63, 3.8) is 0 Å². The number of esters is 1. The van der Waals surface area contributed by atoms with E-state index in [2.05, 4.69) is 0 Å². The first-order valence-corrected chi connectivity index (χ1v) is 7.31. The van der Waals surface area contributed by atoms with Gasteiger partial charge in [0.25, 0.3) is 0 Å². The van der Waals surface area contributed by atoms with Crippen LogP contribution in [0.25, 0.3) is 0 Å². The number of ether oxygens (including phenoxy) is 3. The highest BCUT2D eigenvalue weighted by atomic mass is 16.7. The molecule has 0 saturated carbocycles. The zero-order valence-electron chi connectivity index (χ0n) is 11.8. The molecule has 2 aliphatic rings. The quantitative estimate of drug-likeness (QED) is 0.790. The van der Waals surface area contributed by atoms with E-state index in [-0.39, 0.29) is 12.1 Å². The zero-order chi connectivity index (χ0) is 14.0. The van der Waals surface area contributed by atoms with Crippen LogP contribution >= 0.6 is 0 Å². The molecule has 3 rings (SSSR count). The van der Waals surface area contributed by atoms with Crippen molar-refractivity contribution < 1.29 is 19.0 Å². The van der Waals surface area contributed by atoms with Crippen LogP contribution in [0, 0.1) is 0 Å². The first-order chi connectivity index (χ1) is 9.65. The van der Waals surface area contributed by atoms with E-state index in [1.54, 1.807) is 0 Å². The Morgan fingerprint density at radius 3 is 2.60 bits per heavy atom. The first kappa shape index (κ1) is 13.3. The molecule has 0 amide bonds. The number of fused-ring (bicyclic) bond motifs is 1. The van der Waals surface area contributed by atoms with Gasteiger partial charge in [-0.3, -0.25) is 4.79 Å². The van der Waals surface area contributed by atoms with Gasteiger partial charge in [0.15, 0.2) is 11.5 Å². The van der Waals surface area contributed by atoms with Gasteiger partial charge in [-0.15, -0.1) is 0 Å². The van der Waals surface area contributed by atoms with Crippen LogP contribution in [0.1, 0.15) is 45.4 Å². The summed E-state index contributed by atoms with van der Waals surface area (Å²) in [5.41, 5.74) is 0. The number of hydrogen-bond acceptors (Lipinski definition) is 4. The van der Waals surface area contributed by atoms with E-state index in [1.165, 1.54) is 0 Å². The van der Waals surface area contributed by atoms with Gasteiger partial charge in [0.05, 0.1) is 0 Å². The fraction of sp³-hybridized carbons (Fsp3) is 0.562. The van der Waals surface area contributed by atoms with Gasteiger partial charge in [-0.2, -0.15) is 0 Å². The van der Waals surface area contributed by atoms with Crippen molar-refractivity contribution in [1.29, 1.82) is 0 Å². The lowest BCUT2D eigenvalue weighted by atomic mass is 10.0. The van der Waals surface area contributed by atoms with Gasteiger partial charge in [-0.05, 0) is 37.8 Å². The largest absolute Gasteiger partial charge is 0.462 e. The van der Waals surface area contributed by atoms with Crippen molar-refractivity contribution in [2.75, 3.05) is 0 Å². The van der Waals surface area contributed by atoms with Crippen molar-refractivity contribution in [3.8, 4) is 11.5 Å². The summed E-state index contributed by atoms with van der Waals surface area (Å²) in [5, 5.41) is 0. The minimum Gasteiger partial charge on any atom is -0.462 e. The van der Waals surface area contributed by atoms with Gasteiger partial charge in [0.1, 0.15) is 6.10 Å². The molecule has 1 aromatic rings. The number of carbonyl (C=O) groups excluding carboxylic acids is 1. The SMILES string of the molecule is CC1(CCCC2CCCC(=O)O2)Oc2ccccc2O1. The van der Waals surface area contributed by atoms with E-state index in [0.717, 1.165) is 43.6 Å². The van der Waals surface area contributed by atoms with Crippen LogP contribution in [-0.4, -0.2) is 17.9 Å². The molecule has 4 nitrogen and oxygen atoms in total. The number of carbonyl (C=O) groups is 1. The number of para-hydroxylation sites is 2. The third-order valence-corrected chi connectivity index (χ3v) is 3.86. The molecule has 1 atom stereocenters. The van der Waals surface area contributed by atoms with E-state index in [0.29, 0.717) is 6.42 Å². The molecule has 108 valence electrons. The van der Waals surface area contributed by atoms with Crippen LogP contribution in [0.4, 0.5) is 0 Å². The molecular weight excluding hydrogens is 256 g/mol. The third kappa shape index (κ3) is 2.89. The first-order valence-electron chi connectivity index (χ1n) is 7.31. The van der Waals surface area contributed by atoms with Crippen molar-refractivity contribution >= 4 is 5.97 Å². The standard InChI is InChI=1S/C16H20O4/c1-16(19-13-8-2-3-9-14(13)20-16)11-5-7-12-6-4-10-15(17)18-12/h2-3,8-9,12H,4-7,10-11H2,1H3. The van der Waals surface area contributed by atoms with Crippen molar-refractivity contribution in [2.24, 2.45) is 0 Å². The van der Waals surface area contributed by atoms with E-state index < -0.39 is 5.79 Å². The van der Waals surface area contributed by atoms with Gasteiger partial charge in [0.2, 0.25) is 5.79 Å². The minimum atomic E-state index is -0.595. The predicted octanol–water partition coefficient (Wildman–Crippen LogP) is 3.44. The number of rotatable bonds is 4. The maximum atomic E-state index is 11.2. The van der Waals surface area contributed by atoms with Crippen molar-refractivity contribution in [3.05, 3.63) is 24.3 Å². The van der Waals surface area contributed by atoms with E-state index in [4.69, 9.17) is 14.2 Å². The Morgan fingerprint density at radius 1 is 1.25 bits per heavy atom. The molecule has 4 heteroatoms. The average molecular weight is 276 g/mol. The summed E-state index contributed by atoms with van der Waals surface area (Å²) in [6.07, 6.45) is 5.14. The Morgan fingerprint density at radius 2 is 1.95 bits per heavy atom. The van der Waals surface area contributed by atoms with Crippen LogP contribution in [-0.2, 0) is 9.53 Å². The maximum Gasteiger partial charge on any atom is 0.306 e. The summed E-state index contributed by atoms with van der Waals surface area (Å²) in [4.78, 5) is 11.2. The molecule has 2 heterocycles. The van der Waals surface area contributed by atoms with Gasteiger partial charge in [0, 0.05) is 19.8 Å². The summed E-state index contributed by atoms with van der Waals surface area (Å²) in [6.45, 7) is 1.96. The lowest BCUT2D eigenvalue weighted by Gasteiger charge is -2.25. The van der Waals surface area contributed by atoms with Crippen LogP contribution in [0.2, 0.25) is 0 Å². The molecular formula is C16H20O4. The smallest absolute Gasteiger partial charge is 0.306 e. The Labute approximate surface area is 119 Å². The fourth-order valence-corrected chi connectivity index (χ4v) is 2.84. The Kier molecular flexibility index (Phi) is 3.55. The van der Waals surface area contributed by atoms with Gasteiger partial charge in [-0.1, -0.05) is 12.1 Å². The Hall–Kier alpha value is -1.71. The summed E-state index contributed by atoms with van der Waals surface area (Å²) < 4.78 is 17.1. The number of cyclic esters (lactones) is 1. The molecule has 0 N–H and O–H groups in total. The molecule has 1 aromatic carbocycles. The zero-order valence-corrected chi connectivity index (χ0v) is 11.8. The second-order valence-corrected chi connectivity index (χ2v) is 5.68. The molecule has 0 bridgehead atoms. The van der Waals surface area contributed by atoms with Gasteiger partial charge < -0.3 is 14.2 Å². The Bertz CT molecular complexity index is 472. The lowest BCUT2D eigenvalue weighted by Crippen LogP contribution is -2.35. The van der Waals surface area contributed by atoms with E-state index >= 15 is 0 Å². The molecule has 0 radical (unpaired) electrons. The molecule has 0 aliphatic carbocycles. The highest BCUT2D eigenvalue weighted by molar-refractivity contribution is 5.70. The second kappa shape index (κ2) is 5.35. The number of hydrogen-bond donors (Lipinski definition) is 0. The summed E-state index contributed by atoms with van der Waals surface area (Å²) in [5.74, 6) is 0.953. The minimum absolute atomic E-state index is 0.0618. The summed E-state index contributed by atoms with van der Waals surface area (Å²) in [6, 6.07) is 7.72. The predicted molar refractivity (Wildman–Crippen MR) is 73.7 cm³/mol. The highest BCUT2D eigenvalue weighted by Crippen LogP contribution is 2.40. The molecule has 0 aromatic heterocycles. The van der Waals surface area contributed by atoms with Crippen LogP contribution in [0.3, 0.4) is 0 Å². The fourth-order valence-electron chi connectivity index (χ4n) is 2.84. The molecule has 1 unspecified atom stereocenters. The summed E-state index contributed by atoms with van der Waals surface area (Å²) in [7, 11) is 0. The van der Waals surface area contributed by atoms with Crippen LogP contribution in [0.15, 0.2) is 24.3 Å². The van der Waals surface area contributed by atoms with Crippen LogP contribution in [0.5, 0.6) is 11.5 Å². The molecule has 0 spiro atoms. The van der Waals surface area contributed by atoms with Crippen molar-refractivity contribution in [2.45, 2.75) is 57.3 Å². The van der Waals surface area contributed by atoms with Gasteiger partial charge in [-0.25, -0.2) is 0 Å². The number of benzene rings is 1. The normalized spacial score (nSPS) is 23.4. The van der Waals surface area contributed by atoms with E-state index in [9.17, 15) is 4.79 Å². The second-order valence-electron chi connectivity index (χ2n) is 5.68. The molecule has 2 aliphatic heterocycles. The summed E-state index contributed by atoms with van der Waals surface area (Å²) >= 11 is 0. The molecule has 1 saturated heterocycles. The molecule has 20 heavy (non-hydrogen) atoms. The highest BCUT2D eigenvalue weighted by Gasteiger charge is 2.36. The average Bonchev–Trinajstić information content (AvgIpc) is 2.75. The van der Waals surface area contributed by atoms with E-state index in [1.807, 2.05) is 31.2 Å². The molecule has 1 fully saturated rings. The van der Waals surface area contributed by atoms with Gasteiger partial charge >= 0.3 is 5.97 Å². The maximum absolute atomic E-state index is 11.2. The monoisotopic (exact) mass is 276 g/mol.